The topological polar surface area (TPSA) is 76.1 Å². The second-order valence-corrected chi connectivity index (χ2v) is 6.50. The first-order valence-electron chi connectivity index (χ1n) is 8.64. The lowest BCUT2D eigenvalue weighted by atomic mass is 10.1. The SMILES string of the molecule is CCOc1cc2c(cc1/C=C/C(=O)N1CCC(C(=O)O)C1)OC(C)C2. The summed E-state index contributed by atoms with van der Waals surface area (Å²) in [5.41, 5.74) is 1.90. The normalized spacial score (nSPS) is 22.1. The Hall–Kier alpha value is -2.50. The summed E-state index contributed by atoms with van der Waals surface area (Å²) >= 11 is 0. The van der Waals surface area contributed by atoms with Crippen molar-refractivity contribution < 1.29 is 24.2 Å². The largest absolute Gasteiger partial charge is 0.493 e. The van der Waals surface area contributed by atoms with Crippen LogP contribution in [0.1, 0.15) is 31.4 Å². The molecule has 1 amide bonds. The number of carbonyl (C=O) groups excluding carboxylic acids is 1. The summed E-state index contributed by atoms with van der Waals surface area (Å²) in [6.45, 7) is 5.22. The molecule has 1 saturated heterocycles. The van der Waals surface area contributed by atoms with Gasteiger partial charge in [-0.2, -0.15) is 0 Å². The summed E-state index contributed by atoms with van der Waals surface area (Å²) in [6, 6.07) is 3.88. The minimum Gasteiger partial charge on any atom is -0.493 e. The van der Waals surface area contributed by atoms with Gasteiger partial charge in [0, 0.05) is 36.7 Å². The molecule has 1 N–H and O–H groups in total. The van der Waals surface area contributed by atoms with Gasteiger partial charge >= 0.3 is 5.97 Å². The number of rotatable bonds is 5. The summed E-state index contributed by atoms with van der Waals surface area (Å²) < 4.78 is 11.5. The van der Waals surface area contributed by atoms with Gasteiger partial charge in [0.05, 0.1) is 12.5 Å². The molecule has 2 unspecified atom stereocenters. The number of amides is 1. The monoisotopic (exact) mass is 345 g/mol. The fraction of sp³-hybridized carbons (Fsp3) is 0.474. The number of benzene rings is 1. The van der Waals surface area contributed by atoms with Crippen molar-refractivity contribution >= 4 is 18.0 Å². The van der Waals surface area contributed by atoms with Gasteiger partial charge in [-0.1, -0.05) is 0 Å². The van der Waals surface area contributed by atoms with Crippen molar-refractivity contribution in [1.82, 2.24) is 4.90 Å². The highest BCUT2D eigenvalue weighted by atomic mass is 16.5. The van der Waals surface area contributed by atoms with Crippen LogP contribution in [-0.4, -0.2) is 47.7 Å². The number of carboxylic acids is 1. The van der Waals surface area contributed by atoms with Gasteiger partial charge in [0.2, 0.25) is 5.91 Å². The number of carboxylic acid groups (broad SMARTS) is 1. The van der Waals surface area contributed by atoms with E-state index in [4.69, 9.17) is 14.6 Å². The van der Waals surface area contributed by atoms with Gasteiger partial charge < -0.3 is 19.5 Å². The van der Waals surface area contributed by atoms with Gasteiger partial charge in [0.15, 0.2) is 0 Å². The predicted octanol–water partition coefficient (Wildman–Crippen LogP) is 2.36. The molecule has 0 saturated carbocycles. The first-order valence-corrected chi connectivity index (χ1v) is 8.64. The lowest BCUT2D eigenvalue weighted by Gasteiger charge is -2.13. The van der Waals surface area contributed by atoms with E-state index in [1.165, 1.54) is 6.08 Å². The van der Waals surface area contributed by atoms with Gasteiger partial charge in [0.25, 0.3) is 0 Å². The van der Waals surface area contributed by atoms with Crippen LogP contribution >= 0.6 is 0 Å². The maximum Gasteiger partial charge on any atom is 0.308 e. The molecule has 134 valence electrons. The zero-order valence-corrected chi connectivity index (χ0v) is 14.5. The molecule has 2 heterocycles. The Bertz CT molecular complexity index is 712. The van der Waals surface area contributed by atoms with Gasteiger partial charge in [0.1, 0.15) is 17.6 Å². The summed E-state index contributed by atoms with van der Waals surface area (Å²) in [7, 11) is 0. The second kappa shape index (κ2) is 7.17. The first-order chi connectivity index (χ1) is 12.0. The molecule has 0 spiro atoms. The van der Waals surface area contributed by atoms with Crippen LogP contribution < -0.4 is 9.47 Å². The highest BCUT2D eigenvalue weighted by Crippen LogP contribution is 2.35. The molecule has 0 bridgehead atoms. The van der Waals surface area contributed by atoms with Crippen molar-refractivity contribution in [2.75, 3.05) is 19.7 Å². The second-order valence-electron chi connectivity index (χ2n) is 6.50. The van der Waals surface area contributed by atoms with Gasteiger partial charge in [-0.05, 0) is 38.5 Å². The van der Waals surface area contributed by atoms with Crippen molar-refractivity contribution in [3.8, 4) is 11.5 Å². The van der Waals surface area contributed by atoms with Crippen molar-refractivity contribution in [3.63, 3.8) is 0 Å². The molecule has 2 aliphatic rings. The number of nitrogens with zero attached hydrogens (tertiary/aromatic N) is 1. The Balaban J connectivity index is 1.75. The van der Waals surface area contributed by atoms with Crippen LogP contribution in [0.2, 0.25) is 0 Å². The molecule has 1 fully saturated rings. The van der Waals surface area contributed by atoms with Crippen molar-refractivity contribution in [2.24, 2.45) is 5.92 Å². The Labute approximate surface area is 147 Å². The standard InChI is InChI=1S/C19H23NO5/c1-3-24-16-10-15-8-12(2)25-17(15)9-13(16)4-5-18(21)20-7-6-14(11-20)19(22)23/h4-5,9-10,12,14H,3,6-8,11H2,1-2H3,(H,22,23)/b5-4+. The van der Waals surface area contributed by atoms with Crippen LogP contribution in [0.25, 0.3) is 6.08 Å². The van der Waals surface area contributed by atoms with Gasteiger partial charge in [-0.15, -0.1) is 0 Å². The zero-order valence-electron chi connectivity index (χ0n) is 14.5. The average Bonchev–Trinajstić information content (AvgIpc) is 3.18. The number of aliphatic carboxylic acids is 1. The maximum atomic E-state index is 12.3. The van der Waals surface area contributed by atoms with E-state index in [2.05, 4.69) is 0 Å². The van der Waals surface area contributed by atoms with Crippen LogP contribution in [0.15, 0.2) is 18.2 Å². The molecule has 0 aliphatic carbocycles. The number of fused-ring (bicyclic) bond motifs is 1. The van der Waals surface area contributed by atoms with E-state index in [-0.39, 0.29) is 18.6 Å². The molecule has 0 aromatic heterocycles. The molecule has 6 nitrogen and oxygen atoms in total. The maximum absolute atomic E-state index is 12.3. The van der Waals surface area contributed by atoms with E-state index >= 15 is 0 Å². The number of carbonyl (C=O) groups is 2. The average molecular weight is 345 g/mol. The molecule has 6 heteroatoms. The highest BCUT2D eigenvalue weighted by Gasteiger charge is 2.30. The van der Waals surface area contributed by atoms with Crippen LogP contribution in [0.5, 0.6) is 11.5 Å². The van der Waals surface area contributed by atoms with E-state index in [1.807, 2.05) is 26.0 Å². The van der Waals surface area contributed by atoms with E-state index in [9.17, 15) is 9.59 Å². The summed E-state index contributed by atoms with van der Waals surface area (Å²) in [5, 5.41) is 9.04. The molecular formula is C19H23NO5. The quantitative estimate of drug-likeness (QED) is 0.829. The lowest BCUT2D eigenvalue weighted by Crippen LogP contribution is -2.28. The Morgan fingerprint density at radius 2 is 2.24 bits per heavy atom. The lowest BCUT2D eigenvalue weighted by molar-refractivity contribution is -0.141. The first kappa shape index (κ1) is 17.3. The van der Waals surface area contributed by atoms with Crippen LogP contribution in [0.4, 0.5) is 0 Å². The molecule has 1 aromatic rings. The highest BCUT2D eigenvalue weighted by molar-refractivity contribution is 5.93. The summed E-state index contributed by atoms with van der Waals surface area (Å²) in [6.07, 6.45) is 4.69. The van der Waals surface area contributed by atoms with Gasteiger partial charge in [-0.25, -0.2) is 0 Å². The fourth-order valence-corrected chi connectivity index (χ4v) is 3.29. The Morgan fingerprint density at radius 1 is 1.44 bits per heavy atom. The fourth-order valence-electron chi connectivity index (χ4n) is 3.29. The molecule has 3 rings (SSSR count). The van der Waals surface area contributed by atoms with E-state index < -0.39 is 11.9 Å². The van der Waals surface area contributed by atoms with Crippen LogP contribution in [-0.2, 0) is 16.0 Å². The van der Waals surface area contributed by atoms with Crippen molar-refractivity contribution in [1.29, 1.82) is 0 Å². The van der Waals surface area contributed by atoms with Crippen LogP contribution in [0, 0.1) is 5.92 Å². The van der Waals surface area contributed by atoms with E-state index in [0.717, 1.165) is 29.0 Å². The minimum absolute atomic E-state index is 0.142. The molecule has 0 radical (unpaired) electrons. The molecule has 2 aliphatic heterocycles. The molecule has 25 heavy (non-hydrogen) atoms. The van der Waals surface area contributed by atoms with Crippen molar-refractivity contribution in [3.05, 3.63) is 29.3 Å². The third-order valence-electron chi connectivity index (χ3n) is 4.58. The Kier molecular flexibility index (Phi) is 4.97. The Morgan fingerprint density at radius 3 is 2.92 bits per heavy atom. The van der Waals surface area contributed by atoms with E-state index in [1.54, 1.807) is 11.0 Å². The summed E-state index contributed by atoms with van der Waals surface area (Å²) in [4.78, 5) is 24.9. The predicted molar refractivity (Wildman–Crippen MR) is 92.8 cm³/mol. The van der Waals surface area contributed by atoms with Crippen LogP contribution in [0.3, 0.4) is 0 Å². The molecule has 2 atom stereocenters. The third-order valence-corrected chi connectivity index (χ3v) is 4.58. The summed E-state index contributed by atoms with van der Waals surface area (Å²) in [5.74, 6) is 0.0676. The van der Waals surface area contributed by atoms with Gasteiger partial charge in [-0.3, -0.25) is 9.59 Å². The smallest absolute Gasteiger partial charge is 0.308 e. The molecule has 1 aromatic carbocycles. The van der Waals surface area contributed by atoms with Crippen molar-refractivity contribution in [2.45, 2.75) is 32.8 Å². The number of hydrogen-bond donors (Lipinski definition) is 1. The molecular weight excluding hydrogens is 322 g/mol. The third kappa shape index (κ3) is 3.78. The zero-order chi connectivity index (χ0) is 18.0. The van der Waals surface area contributed by atoms with E-state index in [0.29, 0.717) is 19.6 Å². The number of hydrogen-bond acceptors (Lipinski definition) is 4. The number of likely N-dealkylation sites (tertiary alicyclic amines) is 1. The minimum atomic E-state index is -0.845. The number of ether oxygens (including phenoxy) is 2.